The van der Waals surface area contributed by atoms with Gasteiger partial charge in [0.25, 0.3) is 9.05 Å². The highest BCUT2D eigenvalue weighted by Crippen LogP contribution is 2.32. The lowest BCUT2D eigenvalue weighted by Crippen LogP contribution is -2.01. The van der Waals surface area contributed by atoms with Crippen molar-refractivity contribution >= 4 is 58.9 Å². The summed E-state index contributed by atoms with van der Waals surface area (Å²) in [5.74, 6) is -0.942. The topological polar surface area (TPSA) is 43.4 Å². The average Bonchev–Trinajstić information content (AvgIpc) is 2.27. The van der Waals surface area contributed by atoms with Crippen molar-refractivity contribution in [3.8, 4) is 5.75 Å². The third-order valence-electron chi connectivity index (χ3n) is 1.73. The van der Waals surface area contributed by atoms with Gasteiger partial charge in [0, 0.05) is 22.3 Å². The molecule has 0 atom stereocenters. The molecule has 0 heterocycles. The summed E-state index contributed by atoms with van der Waals surface area (Å²) in [6.45, 7) is -0.0733. The Balaban J connectivity index is 3.08. The van der Waals surface area contributed by atoms with E-state index in [1.807, 2.05) is 0 Å². The zero-order valence-corrected chi connectivity index (χ0v) is 13.1. The van der Waals surface area contributed by atoms with Gasteiger partial charge < -0.3 is 4.74 Å². The van der Waals surface area contributed by atoms with Gasteiger partial charge in [-0.1, -0.05) is 23.2 Å². The minimum absolute atomic E-state index is 0.0733. The normalized spacial score (nSPS) is 12.6. The van der Waals surface area contributed by atoms with E-state index in [0.29, 0.717) is 0 Å². The Morgan fingerprint density at radius 1 is 1.50 bits per heavy atom. The van der Waals surface area contributed by atoms with Crippen LogP contribution in [0.15, 0.2) is 32.1 Å². The Kier molecular flexibility index (Phi) is 5.73. The van der Waals surface area contributed by atoms with Crippen LogP contribution in [0.1, 0.15) is 0 Å². The Bertz CT molecular complexity index is 589. The smallest absolute Gasteiger partial charge is 0.264 e. The van der Waals surface area contributed by atoms with Gasteiger partial charge in [-0.15, -0.1) is 0 Å². The van der Waals surface area contributed by atoms with Crippen molar-refractivity contribution in [2.24, 2.45) is 0 Å². The van der Waals surface area contributed by atoms with Crippen LogP contribution in [0.3, 0.4) is 0 Å². The van der Waals surface area contributed by atoms with Gasteiger partial charge in [-0.2, -0.15) is 0 Å². The molecule has 1 aromatic carbocycles. The first kappa shape index (κ1) is 16.0. The first-order chi connectivity index (χ1) is 8.25. The molecule has 0 aliphatic rings. The van der Waals surface area contributed by atoms with Crippen molar-refractivity contribution in [3.05, 3.63) is 33.0 Å². The fourth-order valence-corrected chi connectivity index (χ4v) is 2.62. The molecular weight excluding hydrogens is 393 g/mol. The molecule has 0 unspecified atom stereocenters. The molecule has 0 aromatic heterocycles. The predicted octanol–water partition coefficient (Wildman–Crippen LogP) is 4.21. The molecule has 18 heavy (non-hydrogen) atoms. The summed E-state index contributed by atoms with van der Waals surface area (Å²) < 4.78 is 40.9. The Hall–Kier alpha value is -0.0100. The molecule has 0 aliphatic carbocycles. The summed E-state index contributed by atoms with van der Waals surface area (Å²) >= 11 is 13.9. The van der Waals surface area contributed by atoms with Crippen molar-refractivity contribution < 1.29 is 17.5 Å². The lowest BCUT2D eigenvalue weighted by Gasteiger charge is -2.09. The molecule has 1 aromatic rings. The average molecular weight is 398 g/mol. The SMILES string of the molecule is O=S(=O)(Cl)c1cc(Br)c(OC/C(Cl)=C/Cl)cc1F. The lowest BCUT2D eigenvalue weighted by molar-refractivity contribution is 0.354. The summed E-state index contributed by atoms with van der Waals surface area (Å²) in [5.41, 5.74) is 1.10. The van der Waals surface area contributed by atoms with Gasteiger partial charge >= 0.3 is 0 Å². The maximum Gasteiger partial charge on any atom is 0.264 e. The molecule has 0 N–H and O–H groups in total. The van der Waals surface area contributed by atoms with Crippen molar-refractivity contribution in [2.75, 3.05) is 6.61 Å². The lowest BCUT2D eigenvalue weighted by atomic mass is 10.3. The van der Waals surface area contributed by atoms with Crippen LogP contribution < -0.4 is 4.74 Å². The second kappa shape index (κ2) is 6.43. The fourth-order valence-electron chi connectivity index (χ4n) is 0.986. The minimum Gasteiger partial charge on any atom is -0.487 e. The molecule has 0 bridgehead atoms. The summed E-state index contributed by atoms with van der Waals surface area (Å²) in [6, 6.07) is 1.89. The maximum atomic E-state index is 13.5. The van der Waals surface area contributed by atoms with E-state index < -0.39 is 19.8 Å². The molecule has 9 heteroatoms. The number of hydrogen-bond acceptors (Lipinski definition) is 3. The summed E-state index contributed by atoms with van der Waals surface area (Å²) in [7, 11) is 0.905. The number of rotatable bonds is 4. The van der Waals surface area contributed by atoms with Crippen molar-refractivity contribution in [1.29, 1.82) is 0 Å². The quantitative estimate of drug-likeness (QED) is 0.714. The van der Waals surface area contributed by atoms with Crippen LogP contribution >= 0.6 is 49.8 Å². The fraction of sp³-hybridized carbons (Fsp3) is 0.111. The molecule has 0 fully saturated rings. The zero-order valence-electron chi connectivity index (χ0n) is 8.46. The van der Waals surface area contributed by atoms with E-state index in [4.69, 9.17) is 38.6 Å². The molecular formula is C9H5BrCl3FO3S. The van der Waals surface area contributed by atoms with E-state index in [2.05, 4.69) is 15.9 Å². The monoisotopic (exact) mass is 396 g/mol. The second-order valence-electron chi connectivity index (χ2n) is 3.00. The second-order valence-corrected chi connectivity index (χ2v) is 7.09. The molecule has 0 saturated carbocycles. The number of ether oxygens (including phenoxy) is 1. The molecule has 0 radical (unpaired) electrons. The van der Waals surface area contributed by atoms with Gasteiger partial charge in [-0.25, -0.2) is 12.8 Å². The van der Waals surface area contributed by atoms with E-state index in [9.17, 15) is 12.8 Å². The summed E-state index contributed by atoms with van der Waals surface area (Å²) in [6.07, 6.45) is 0. The Morgan fingerprint density at radius 2 is 2.11 bits per heavy atom. The molecule has 0 amide bonds. The highest BCUT2D eigenvalue weighted by atomic mass is 79.9. The van der Waals surface area contributed by atoms with Gasteiger partial charge in [0.05, 0.1) is 9.51 Å². The number of halogens is 5. The van der Waals surface area contributed by atoms with E-state index in [1.54, 1.807) is 0 Å². The first-order valence-electron chi connectivity index (χ1n) is 4.27. The van der Waals surface area contributed by atoms with Crippen LogP contribution in [0.4, 0.5) is 4.39 Å². The van der Waals surface area contributed by atoms with Gasteiger partial charge in [0.2, 0.25) is 0 Å². The van der Waals surface area contributed by atoms with Gasteiger partial charge in [-0.3, -0.25) is 0 Å². The van der Waals surface area contributed by atoms with Crippen molar-refractivity contribution in [1.82, 2.24) is 0 Å². The van der Waals surface area contributed by atoms with E-state index in [1.165, 1.54) is 0 Å². The van der Waals surface area contributed by atoms with Crippen molar-refractivity contribution in [2.45, 2.75) is 4.90 Å². The molecule has 0 aliphatic heterocycles. The molecule has 100 valence electrons. The molecule has 0 saturated heterocycles. The Labute approximate surface area is 126 Å². The number of benzene rings is 1. The third-order valence-corrected chi connectivity index (χ3v) is 4.28. The molecule has 0 spiro atoms. The van der Waals surface area contributed by atoms with Crippen LogP contribution in [0.2, 0.25) is 0 Å². The molecule has 3 nitrogen and oxygen atoms in total. The van der Waals surface area contributed by atoms with Crippen LogP contribution in [0, 0.1) is 5.82 Å². The largest absolute Gasteiger partial charge is 0.487 e. The van der Waals surface area contributed by atoms with Crippen LogP contribution in [-0.2, 0) is 9.05 Å². The van der Waals surface area contributed by atoms with Crippen molar-refractivity contribution in [3.63, 3.8) is 0 Å². The molecule has 1 rings (SSSR count). The standard InChI is InChI=1S/C9H5BrCl3FO3S/c10-6-1-9(18(13,15)16)7(14)2-8(6)17-4-5(12)3-11/h1-3H,4H2/b5-3-. The highest BCUT2D eigenvalue weighted by molar-refractivity contribution is 9.10. The third kappa shape index (κ3) is 4.28. The van der Waals surface area contributed by atoms with Gasteiger partial charge in [0.15, 0.2) is 0 Å². The summed E-state index contributed by atoms with van der Waals surface area (Å²) in [5, 5.41) is 0.206. The predicted molar refractivity (Wildman–Crippen MR) is 72.4 cm³/mol. The van der Waals surface area contributed by atoms with E-state index >= 15 is 0 Å². The van der Waals surface area contributed by atoms with Crippen LogP contribution in [0.25, 0.3) is 0 Å². The minimum atomic E-state index is -4.16. The van der Waals surface area contributed by atoms with Crippen LogP contribution in [0.5, 0.6) is 5.75 Å². The van der Waals surface area contributed by atoms with Crippen LogP contribution in [-0.4, -0.2) is 15.0 Å². The summed E-state index contributed by atoms with van der Waals surface area (Å²) in [4.78, 5) is -0.637. The van der Waals surface area contributed by atoms with E-state index in [0.717, 1.165) is 17.7 Å². The van der Waals surface area contributed by atoms with Gasteiger partial charge in [-0.05, 0) is 22.0 Å². The Morgan fingerprint density at radius 3 is 2.61 bits per heavy atom. The first-order valence-corrected chi connectivity index (χ1v) is 8.18. The zero-order chi connectivity index (χ0) is 13.9. The maximum absolute atomic E-state index is 13.5. The van der Waals surface area contributed by atoms with E-state index in [-0.39, 0.29) is 21.9 Å². The number of hydrogen-bond donors (Lipinski definition) is 0. The van der Waals surface area contributed by atoms with Gasteiger partial charge in [0.1, 0.15) is 23.1 Å². The highest BCUT2D eigenvalue weighted by Gasteiger charge is 2.19.